The Bertz CT molecular complexity index is 1270. The van der Waals surface area contributed by atoms with Gasteiger partial charge in [0, 0.05) is 31.5 Å². The van der Waals surface area contributed by atoms with E-state index in [1.165, 1.54) is 12.1 Å². The largest absolute Gasteiger partial charge is 0.357 e. The summed E-state index contributed by atoms with van der Waals surface area (Å²) in [4.78, 5) is 26.8. The molecule has 0 fully saturated rings. The summed E-state index contributed by atoms with van der Waals surface area (Å²) in [7, 11) is 0. The first-order chi connectivity index (χ1) is 17.0. The average Bonchev–Trinajstić information content (AvgIpc) is 3.24. The zero-order valence-electron chi connectivity index (χ0n) is 20.4. The lowest BCUT2D eigenvalue weighted by molar-refractivity contribution is 0.0980. The van der Waals surface area contributed by atoms with Gasteiger partial charge >= 0.3 is 0 Å². The van der Waals surface area contributed by atoms with E-state index in [-0.39, 0.29) is 18.3 Å². The number of anilines is 2. The van der Waals surface area contributed by atoms with Crippen molar-refractivity contribution in [3.05, 3.63) is 108 Å². The quantitative estimate of drug-likeness (QED) is 0.325. The Balaban J connectivity index is 1.65. The van der Waals surface area contributed by atoms with Crippen molar-refractivity contribution in [1.29, 1.82) is 0 Å². The number of aromatic nitrogens is 3. The number of imidazole rings is 1. The van der Waals surface area contributed by atoms with Crippen molar-refractivity contribution in [3.63, 3.8) is 0 Å². The first kappa shape index (κ1) is 24.1. The summed E-state index contributed by atoms with van der Waals surface area (Å²) in [5, 5.41) is 0. The monoisotopic (exact) mass is 471 g/mol. The van der Waals surface area contributed by atoms with Crippen LogP contribution in [0.25, 0.3) is 0 Å². The predicted molar refractivity (Wildman–Crippen MR) is 137 cm³/mol. The van der Waals surface area contributed by atoms with Crippen molar-refractivity contribution in [1.82, 2.24) is 14.5 Å². The van der Waals surface area contributed by atoms with E-state index >= 15 is 0 Å². The molecule has 0 saturated heterocycles. The summed E-state index contributed by atoms with van der Waals surface area (Å²) >= 11 is 0. The van der Waals surface area contributed by atoms with Crippen LogP contribution >= 0.6 is 0 Å². The standard InChI is InChI=1S/C28H30FN5O/c1-4-32(5-2)27-13-9-12-24(31-27)19-34(25-16-14-23(29)15-17-25)28(35)26-20-33(21(3)30-26)18-22-10-7-6-8-11-22/h6-17,20H,4-5,18-19H2,1-3H3. The molecular weight excluding hydrogens is 441 g/mol. The normalized spacial score (nSPS) is 10.9. The number of aryl methyl sites for hydroxylation is 1. The maximum absolute atomic E-state index is 13.7. The van der Waals surface area contributed by atoms with Gasteiger partial charge in [0.1, 0.15) is 23.2 Å². The van der Waals surface area contributed by atoms with Crippen LogP contribution in [0.3, 0.4) is 0 Å². The Hall–Kier alpha value is -4.00. The minimum absolute atomic E-state index is 0.240. The predicted octanol–water partition coefficient (Wildman–Crippen LogP) is 5.47. The molecule has 7 heteroatoms. The SMILES string of the molecule is CCN(CC)c1cccc(CN(C(=O)c2cn(Cc3ccccc3)c(C)n2)c2ccc(F)cc2)n1. The van der Waals surface area contributed by atoms with Gasteiger partial charge in [0.15, 0.2) is 0 Å². The van der Waals surface area contributed by atoms with Gasteiger partial charge in [0.05, 0.1) is 12.2 Å². The fourth-order valence-corrected chi connectivity index (χ4v) is 4.03. The summed E-state index contributed by atoms with van der Waals surface area (Å²) in [5.74, 6) is 0.993. The highest BCUT2D eigenvalue weighted by atomic mass is 19.1. The Labute approximate surface area is 205 Å². The third-order valence-corrected chi connectivity index (χ3v) is 5.97. The van der Waals surface area contributed by atoms with Crippen molar-refractivity contribution in [2.24, 2.45) is 0 Å². The molecule has 0 aliphatic carbocycles. The summed E-state index contributed by atoms with van der Waals surface area (Å²) in [5.41, 5.74) is 2.79. The van der Waals surface area contributed by atoms with Crippen LogP contribution in [0.1, 0.15) is 41.4 Å². The van der Waals surface area contributed by atoms with E-state index in [2.05, 4.69) is 23.7 Å². The van der Waals surface area contributed by atoms with E-state index in [0.29, 0.717) is 17.9 Å². The molecule has 4 rings (SSSR count). The molecule has 0 bridgehead atoms. The molecule has 35 heavy (non-hydrogen) atoms. The Kier molecular flexibility index (Phi) is 7.55. The first-order valence-corrected chi connectivity index (χ1v) is 11.8. The highest BCUT2D eigenvalue weighted by Gasteiger charge is 2.22. The van der Waals surface area contributed by atoms with Gasteiger partial charge in [0.25, 0.3) is 5.91 Å². The summed E-state index contributed by atoms with van der Waals surface area (Å²) in [6.45, 7) is 8.59. The molecule has 180 valence electrons. The Morgan fingerprint density at radius 2 is 1.63 bits per heavy atom. The lowest BCUT2D eigenvalue weighted by Crippen LogP contribution is -2.31. The fourth-order valence-electron chi connectivity index (χ4n) is 4.03. The zero-order valence-corrected chi connectivity index (χ0v) is 20.4. The fraction of sp³-hybridized carbons (Fsp3) is 0.250. The van der Waals surface area contributed by atoms with Gasteiger partial charge in [-0.1, -0.05) is 36.4 Å². The average molecular weight is 472 g/mol. The van der Waals surface area contributed by atoms with Crippen LogP contribution in [0.4, 0.5) is 15.9 Å². The van der Waals surface area contributed by atoms with Crippen molar-refractivity contribution >= 4 is 17.4 Å². The van der Waals surface area contributed by atoms with Crippen LogP contribution in [-0.2, 0) is 13.1 Å². The maximum Gasteiger partial charge on any atom is 0.278 e. The highest BCUT2D eigenvalue weighted by molar-refractivity contribution is 6.04. The second kappa shape index (κ2) is 11.0. The molecule has 2 heterocycles. The molecule has 0 spiro atoms. The topological polar surface area (TPSA) is 54.3 Å². The molecule has 0 unspecified atom stereocenters. The number of benzene rings is 2. The van der Waals surface area contributed by atoms with Gasteiger partial charge in [-0.25, -0.2) is 14.4 Å². The molecule has 4 aromatic rings. The number of hydrogen-bond donors (Lipinski definition) is 0. The van der Waals surface area contributed by atoms with E-state index in [4.69, 9.17) is 4.98 Å². The van der Waals surface area contributed by atoms with E-state index in [1.54, 1.807) is 23.2 Å². The number of pyridine rings is 1. The van der Waals surface area contributed by atoms with Crippen LogP contribution in [0.2, 0.25) is 0 Å². The number of rotatable bonds is 9. The van der Waals surface area contributed by atoms with E-state index < -0.39 is 0 Å². The molecule has 0 aliphatic rings. The second-order valence-electron chi connectivity index (χ2n) is 8.31. The van der Waals surface area contributed by atoms with Gasteiger partial charge in [0.2, 0.25) is 0 Å². The minimum Gasteiger partial charge on any atom is -0.357 e. The van der Waals surface area contributed by atoms with Gasteiger partial charge < -0.3 is 14.4 Å². The number of carbonyl (C=O) groups is 1. The molecule has 2 aromatic heterocycles. The van der Waals surface area contributed by atoms with E-state index in [1.807, 2.05) is 60.0 Å². The van der Waals surface area contributed by atoms with Crippen molar-refractivity contribution in [2.75, 3.05) is 22.9 Å². The lowest BCUT2D eigenvalue weighted by Gasteiger charge is -2.24. The van der Waals surface area contributed by atoms with E-state index in [0.717, 1.165) is 36.0 Å². The molecule has 2 aromatic carbocycles. The molecule has 0 saturated carbocycles. The van der Waals surface area contributed by atoms with E-state index in [9.17, 15) is 9.18 Å². The van der Waals surface area contributed by atoms with Crippen LogP contribution in [0.15, 0.2) is 79.0 Å². The number of carbonyl (C=O) groups excluding carboxylic acids is 1. The minimum atomic E-state index is -0.356. The van der Waals surface area contributed by atoms with Gasteiger partial charge in [-0.2, -0.15) is 0 Å². The molecule has 6 nitrogen and oxygen atoms in total. The molecule has 0 aliphatic heterocycles. The molecule has 0 N–H and O–H groups in total. The van der Waals surface area contributed by atoms with Crippen molar-refractivity contribution < 1.29 is 9.18 Å². The smallest absolute Gasteiger partial charge is 0.278 e. The Morgan fingerprint density at radius 3 is 2.31 bits per heavy atom. The van der Waals surface area contributed by atoms with Crippen LogP contribution in [0.5, 0.6) is 0 Å². The summed E-state index contributed by atoms with van der Waals surface area (Å²) < 4.78 is 15.6. The van der Waals surface area contributed by atoms with Gasteiger partial charge in [-0.05, 0) is 62.7 Å². The second-order valence-corrected chi connectivity index (χ2v) is 8.31. The molecular formula is C28H30FN5O. The molecule has 0 atom stereocenters. The third kappa shape index (κ3) is 5.74. The number of amides is 1. The highest BCUT2D eigenvalue weighted by Crippen LogP contribution is 2.22. The number of halogens is 1. The van der Waals surface area contributed by atoms with Crippen LogP contribution < -0.4 is 9.80 Å². The maximum atomic E-state index is 13.7. The number of nitrogens with zero attached hydrogens (tertiary/aromatic N) is 5. The van der Waals surface area contributed by atoms with Crippen LogP contribution in [-0.4, -0.2) is 33.5 Å². The zero-order chi connectivity index (χ0) is 24.8. The summed E-state index contributed by atoms with van der Waals surface area (Å²) in [6, 6.07) is 21.8. The third-order valence-electron chi connectivity index (χ3n) is 5.97. The lowest BCUT2D eigenvalue weighted by atomic mass is 10.2. The molecule has 1 amide bonds. The van der Waals surface area contributed by atoms with Crippen LogP contribution in [0, 0.1) is 12.7 Å². The van der Waals surface area contributed by atoms with Gasteiger partial charge in [-0.15, -0.1) is 0 Å². The number of hydrogen-bond acceptors (Lipinski definition) is 4. The Morgan fingerprint density at radius 1 is 0.914 bits per heavy atom. The van der Waals surface area contributed by atoms with Crippen molar-refractivity contribution in [2.45, 2.75) is 33.9 Å². The van der Waals surface area contributed by atoms with Crippen molar-refractivity contribution in [3.8, 4) is 0 Å². The van der Waals surface area contributed by atoms with Gasteiger partial charge in [-0.3, -0.25) is 4.79 Å². The summed E-state index contributed by atoms with van der Waals surface area (Å²) in [6.07, 6.45) is 1.78. The molecule has 0 radical (unpaired) electrons. The first-order valence-electron chi connectivity index (χ1n) is 11.8.